The molecule has 2 aromatic rings. The van der Waals surface area contributed by atoms with E-state index in [0.717, 1.165) is 13.1 Å². The molecule has 2 heteroatoms. The van der Waals surface area contributed by atoms with Gasteiger partial charge in [-0.3, -0.25) is 4.90 Å². The second kappa shape index (κ2) is 6.21. The monoisotopic (exact) mass is 266 g/mol. The summed E-state index contributed by atoms with van der Waals surface area (Å²) in [5, 5.41) is 0. The van der Waals surface area contributed by atoms with Crippen LogP contribution in [0.3, 0.4) is 0 Å². The minimum absolute atomic E-state index is 0.622. The quantitative estimate of drug-likeness (QED) is 0.925. The van der Waals surface area contributed by atoms with Gasteiger partial charge in [-0.25, -0.2) is 0 Å². The minimum Gasteiger partial charge on any atom is -0.326 e. The van der Waals surface area contributed by atoms with Crippen LogP contribution in [0.5, 0.6) is 0 Å². The fourth-order valence-electron chi connectivity index (χ4n) is 3.02. The predicted molar refractivity (Wildman–Crippen MR) is 83.2 cm³/mol. The van der Waals surface area contributed by atoms with E-state index in [1.165, 1.54) is 41.6 Å². The van der Waals surface area contributed by atoms with Gasteiger partial charge in [-0.1, -0.05) is 48.5 Å². The van der Waals surface area contributed by atoms with Crippen molar-refractivity contribution in [1.82, 2.24) is 4.90 Å². The molecule has 0 saturated heterocycles. The zero-order chi connectivity index (χ0) is 13.8. The first kappa shape index (κ1) is 13.3. The number of hydrogen-bond donors (Lipinski definition) is 1. The Balaban J connectivity index is 1.74. The van der Waals surface area contributed by atoms with Crippen LogP contribution in [-0.2, 0) is 26.1 Å². The molecule has 2 nitrogen and oxygen atoms in total. The Hall–Kier alpha value is -1.64. The maximum Gasteiger partial charge on any atom is 0.0240 e. The molecule has 104 valence electrons. The van der Waals surface area contributed by atoms with Gasteiger partial charge in [0.05, 0.1) is 0 Å². The van der Waals surface area contributed by atoms with Gasteiger partial charge < -0.3 is 5.73 Å². The van der Waals surface area contributed by atoms with Crippen molar-refractivity contribution in [1.29, 1.82) is 0 Å². The Labute approximate surface area is 121 Å². The van der Waals surface area contributed by atoms with Crippen LogP contribution >= 0.6 is 0 Å². The maximum atomic E-state index is 5.73. The fourth-order valence-corrected chi connectivity index (χ4v) is 3.02. The van der Waals surface area contributed by atoms with Crippen molar-refractivity contribution in [3.8, 4) is 0 Å². The molecule has 2 aromatic carbocycles. The second-order valence-electron chi connectivity index (χ2n) is 5.61. The van der Waals surface area contributed by atoms with E-state index in [1.54, 1.807) is 0 Å². The molecule has 1 aliphatic rings. The molecule has 0 saturated carbocycles. The average molecular weight is 266 g/mol. The summed E-state index contributed by atoms with van der Waals surface area (Å²) in [7, 11) is 0. The highest BCUT2D eigenvalue weighted by atomic mass is 15.1. The number of aryl methyl sites for hydroxylation is 1. The molecule has 0 aliphatic carbocycles. The highest BCUT2D eigenvalue weighted by Gasteiger charge is 2.14. The first-order chi connectivity index (χ1) is 9.85. The Morgan fingerprint density at radius 1 is 0.950 bits per heavy atom. The molecule has 0 atom stereocenters. The Morgan fingerprint density at radius 2 is 1.75 bits per heavy atom. The largest absolute Gasteiger partial charge is 0.326 e. The van der Waals surface area contributed by atoms with E-state index in [-0.39, 0.29) is 0 Å². The smallest absolute Gasteiger partial charge is 0.0240 e. The van der Waals surface area contributed by atoms with Gasteiger partial charge in [-0.05, 0) is 41.6 Å². The SMILES string of the molecule is NCc1cccc(CN2CCCc3ccccc3C2)c1. The van der Waals surface area contributed by atoms with E-state index in [9.17, 15) is 0 Å². The van der Waals surface area contributed by atoms with Crippen molar-refractivity contribution in [3.63, 3.8) is 0 Å². The van der Waals surface area contributed by atoms with Gasteiger partial charge in [0, 0.05) is 19.6 Å². The van der Waals surface area contributed by atoms with Crippen LogP contribution in [-0.4, -0.2) is 11.4 Å². The molecule has 20 heavy (non-hydrogen) atoms. The van der Waals surface area contributed by atoms with Crippen molar-refractivity contribution in [2.75, 3.05) is 6.54 Å². The summed E-state index contributed by atoms with van der Waals surface area (Å²) in [5.41, 5.74) is 11.3. The molecule has 0 radical (unpaired) electrons. The van der Waals surface area contributed by atoms with E-state index in [4.69, 9.17) is 5.73 Å². The second-order valence-corrected chi connectivity index (χ2v) is 5.61. The Morgan fingerprint density at radius 3 is 2.60 bits per heavy atom. The summed E-state index contributed by atoms with van der Waals surface area (Å²) in [4.78, 5) is 2.54. The van der Waals surface area contributed by atoms with E-state index in [0.29, 0.717) is 6.54 Å². The van der Waals surface area contributed by atoms with Crippen molar-refractivity contribution in [3.05, 3.63) is 70.8 Å². The van der Waals surface area contributed by atoms with Crippen LogP contribution in [0.1, 0.15) is 28.7 Å². The lowest BCUT2D eigenvalue weighted by atomic mass is 10.0. The average Bonchev–Trinajstić information content (AvgIpc) is 2.69. The normalized spacial score (nSPS) is 15.7. The third-order valence-corrected chi connectivity index (χ3v) is 4.07. The molecule has 0 unspecified atom stereocenters. The Kier molecular flexibility index (Phi) is 4.14. The highest BCUT2D eigenvalue weighted by molar-refractivity contribution is 5.28. The van der Waals surface area contributed by atoms with Crippen LogP contribution in [0.4, 0.5) is 0 Å². The van der Waals surface area contributed by atoms with E-state index >= 15 is 0 Å². The number of hydrogen-bond acceptors (Lipinski definition) is 2. The number of nitrogens with zero attached hydrogens (tertiary/aromatic N) is 1. The highest BCUT2D eigenvalue weighted by Crippen LogP contribution is 2.20. The molecule has 0 spiro atoms. The van der Waals surface area contributed by atoms with Gasteiger partial charge in [0.25, 0.3) is 0 Å². The van der Waals surface area contributed by atoms with Crippen LogP contribution in [0.25, 0.3) is 0 Å². The summed E-state index contributed by atoms with van der Waals surface area (Å²) >= 11 is 0. The summed E-state index contributed by atoms with van der Waals surface area (Å²) in [6.45, 7) is 3.86. The lowest BCUT2D eigenvalue weighted by Crippen LogP contribution is -2.22. The van der Waals surface area contributed by atoms with Crippen molar-refractivity contribution >= 4 is 0 Å². The number of nitrogens with two attached hydrogens (primary N) is 1. The lowest BCUT2D eigenvalue weighted by molar-refractivity contribution is 0.261. The molecule has 3 rings (SSSR count). The summed E-state index contributed by atoms with van der Waals surface area (Å²) in [6.07, 6.45) is 2.45. The van der Waals surface area contributed by atoms with Gasteiger partial charge >= 0.3 is 0 Å². The molecule has 0 amide bonds. The third kappa shape index (κ3) is 3.09. The molecule has 1 aliphatic heterocycles. The summed E-state index contributed by atoms with van der Waals surface area (Å²) in [5.74, 6) is 0. The molecular formula is C18H22N2. The fraction of sp³-hybridized carbons (Fsp3) is 0.333. The van der Waals surface area contributed by atoms with Crippen molar-refractivity contribution < 1.29 is 0 Å². The van der Waals surface area contributed by atoms with Gasteiger partial charge in [-0.2, -0.15) is 0 Å². The number of fused-ring (bicyclic) bond motifs is 1. The molecular weight excluding hydrogens is 244 g/mol. The predicted octanol–water partition coefficient (Wildman–Crippen LogP) is 3.09. The Bertz CT molecular complexity index is 577. The first-order valence-electron chi connectivity index (χ1n) is 7.42. The van der Waals surface area contributed by atoms with Crippen LogP contribution in [0.2, 0.25) is 0 Å². The summed E-state index contributed by atoms with van der Waals surface area (Å²) in [6, 6.07) is 17.5. The molecule has 0 bridgehead atoms. The topological polar surface area (TPSA) is 29.3 Å². The third-order valence-electron chi connectivity index (χ3n) is 4.07. The van der Waals surface area contributed by atoms with Crippen molar-refractivity contribution in [2.24, 2.45) is 5.73 Å². The van der Waals surface area contributed by atoms with Gasteiger partial charge in [0.15, 0.2) is 0 Å². The molecule has 2 N–H and O–H groups in total. The van der Waals surface area contributed by atoms with Crippen LogP contribution in [0, 0.1) is 0 Å². The first-order valence-corrected chi connectivity index (χ1v) is 7.42. The molecule has 0 fully saturated rings. The molecule has 1 heterocycles. The van der Waals surface area contributed by atoms with Crippen LogP contribution in [0.15, 0.2) is 48.5 Å². The summed E-state index contributed by atoms with van der Waals surface area (Å²) < 4.78 is 0. The minimum atomic E-state index is 0.622. The molecule has 0 aromatic heterocycles. The number of rotatable bonds is 3. The van der Waals surface area contributed by atoms with E-state index in [2.05, 4.69) is 53.4 Å². The number of benzene rings is 2. The van der Waals surface area contributed by atoms with Gasteiger partial charge in [-0.15, -0.1) is 0 Å². The van der Waals surface area contributed by atoms with Gasteiger partial charge in [0.2, 0.25) is 0 Å². The van der Waals surface area contributed by atoms with Crippen molar-refractivity contribution in [2.45, 2.75) is 32.5 Å². The lowest BCUT2D eigenvalue weighted by Gasteiger charge is -2.20. The maximum absolute atomic E-state index is 5.73. The standard InChI is InChI=1S/C18H22N2/c19-12-15-5-3-6-16(11-15)13-20-10-4-9-17-7-1-2-8-18(17)14-20/h1-3,5-8,11H,4,9-10,12-14,19H2. The van der Waals surface area contributed by atoms with E-state index in [1.807, 2.05) is 0 Å². The zero-order valence-electron chi connectivity index (χ0n) is 11.9. The van der Waals surface area contributed by atoms with Gasteiger partial charge in [0.1, 0.15) is 0 Å². The zero-order valence-corrected chi connectivity index (χ0v) is 11.9. The van der Waals surface area contributed by atoms with Crippen LogP contribution < -0.4 is 5.73 Å². The van der Waals surface area contributed by atoms with E-state index < -0.39 is 0 Å².